The van der Waals surface area contributed by atoms with Crippen LogP contribution < -0.4 is 0 Å². The molecule has 0 rings (SSSR count). The second-order valence-electron chi connectivity index (χ2n) is 18.6. The minimum absolute atomic E-state index is 0.0230. The number of rotatable bonds is 46. The van der Waals surface area contributed by atoms with Gasteiger partial charge in [-0.3, -0.25) is 9.59 Å². The fourth-order valence-corrected chi connectivity index (χ4v) is 8.72. The van der Waals surface area contributed by atoms with E-state index in [0.717, 1.165) is 56.3 Å². The second kappa shape index (κ2) is 44.5. The molecule has 0 heterocycles. The monoisotopic (exact) mass is 806 g/mol. The van der Waals surface area contributed by atoms with Crippen LogP contribution in [0, 0.1) is 17.8 Å². The quantitative estimate of drug-likeness (QED) is 0.0453. The normalized spacial score (nSPS) is 11.8. The molecule has 0 bridgehead atoms. The first-order chi connectivity index (χ1) is 27.9. The molecule has 0 radical (unpaired) electrons. The predicted octanol–water partition coefficient (Wildman–Crippen LogP) is 16.4. The zero-order valence-electron chi connectivity index (χ0n) is 39.8. The Morgan fingerprint density at radius 3 is 0.930 bits per heavy atom. The van der Waals surface area contributed by atoms with Crippen molar-refractivity contribution in [2.75, 3.05) is 33.9 Å². The van der Waals surface area contributed by atoms with Gasteiger partial charge in [-0.05, 0) is 76.9 Å². The van der Waals surface area contributed by atoms with Gasteiger partial charge in [0, 0.05) is 12.8 Å². The van der Waals surface area contributed by atoms with Crippen molar-refractivity contribution in [3.63, 3.8) is 0 Å². The van der Waals surface area contributed by atoms with Crippen LogP contribution in [0.25, 0.3) is 0 Å². The van der Waals surface area contributed by atoms with Crippen molar-refractivity contribution < 1.29 is 19.1 Å². The van der Waals surface area contributed by atoms with Crippen molar-refractivity contribution in [3.8, 4) is 0 Å². The highest BCUT2D eigenvalue weighted by molar-refractivity contribution is 5.69. The topological polar surface area (TPSA) is 55.8 Å². The number of hydrogen-bond donors (Lipinski definition) is 0. The van der Waals surface area contributed by atoms with Crippen LogP contribution in [0.3, 0.4) is 0 Å². The molecule has 0 fully saturated rings. The maximum atomic E-state index is 12.3. The number of carbonyl (C=O) groups excluding carboxylic acids is 2. The Morgan fingerprint density at radius 1 is 0.351 bits per heavy atom. The molecule has 5 heteroatoms. The van der Waals surface area contributed by atoms with Gasteiger partial charge in [0.2, 0.25) is 0 Å². The van der Waals surface area contributed by atoms with Crippen LogP contribution in [0.1, 0.15) is 272 Å². The van der Waals surface area contributed by atoms with E-state index < -0.39 is 0 Å². The first-order valence-electron chi connectivity index (χ1n) is 25.8. The van der Waals surface area contributed by atoms with Crippen molar-refractivity contribution in [1.82, 2.24) is 4.90 Å². The van der Waals surface area contributed by atoms with Crippen molar-refractivity contribution in [2.45, 2.75) is 272 Å². The molecular weight excluding hydrogens is 703 g/mol. The van der Waals surface area contributed by atoms with E-state index in [1.54, 1.807) is 0 Å². The molecule has 0 aliphatic heterocycles. The summed E-state index contributed by atoms with van der Waals surface area (Å²) in [5.41, 5.74) is 0. The van der Waals surface area contributed by atoms with E-state index in [9.17, 15) is 9.59 Å². The third-order valence-electron chi connectivity index (χ3n) is 12.6. The highest BCUT2D eigenvalue weighted by atomic mass is 16.5. The van der Waals surface area contributed by atoms with E-state index in [4.69, 9.17) is 9.47 Å². The summed E-state index contributed by atoms with van der Waals surface area (Å²) >= 11 is 0. The van der Waals surface area contributed by atoms with Gasteiger partial charge in [0.05, 0.1) is 13.2 Å². The number of esters is 2. The molecule has 0 aliphatic carbocycles. The fraction of sp³-hybridized carbons (Fsp3) is 0.962. The lowest BCUT2D eigenvalue weighted by Gasteiger charge is -2.18. The van der Waals surface area contributed by atoms with Gasteiger partial charge in [0.15, 0.2) is 0 Å². The molecule has 0 spiro atoms. The summed E-state index contributed by atoms with van der Waals surface area (Å²) in [7, 11) is 4.39. The third-order valence-corrected chi connectivity index (χ3v) is 12.6. The van der Waals surface area contributed by atoms with Gasteiger partial charge in [-0.25, -0.2) is 0 Å². The Hall–Kier alpha value is -1.10. The van der Waals surface area contributed by atoms with Gasteiger partial charge in [-0.2, -0.15) is 0 Å². The molecule has 0 aromatic heterocycles. The average Bonchev–Trinajstić information content (AvgIpc) is 3.19. The number of hydrogen-bond acceptors (Lipinski definition) is 5. The van der Waals surface area contributed by atoms with Crippen LogP contribution in [0.5, 0.6) is 0 Å². The minimum atomic E-state index is 0.0230. The Balaban J connectivity index is 4.01. The molecular formula is C52H103NO4. The Morgan fingerprint density at radius 2 is 0.614 bits per heavy atom. The van der Waals surface area contributed by atoms with E-state index in [2.05, 4.69) is 46.7 Å². The molecule has 0 aromatic rings. The van der Waals surface area contributed by atoms with Crippen LogP contribution in [-0.2, 0) is 19.1 Å². The van der Waals surface area contributed by atoms with Gasteiger partial charge in [-0.1, -0.05) is 220 Å². The van der Waals surface area contributed by atoms with Crippen molar-refractivity contribution in [3.05, 3.63) is 0 Å². The number of carbonyl (C=O) groups is 2. The van der Waals surface area contributed by atoms with Gasteiger partial charge in [-0.15, -0.1) is 0 Å². The first kappa shape index (κ1) is 55.9. The van der Waals surface area contributed by atoms with Gasteiger partial charge in [0.25, 0.3) is 0 Å². The fourth-order valence-electron chi connectivity index (χ4n) is 8.72. The second-order valence-corrected chi connectivity index (χ2v) is 18.6. The van der Waals surface area contributed by atoms with E-state index >= 15 is 0 Å². The van der Waals surface area contributed by atoms with E-state index in [1.165, 1.54) is 199 Å². The molecule has 0 N–H and O–H groups in total. The smallest absolute Gasteiger partial charge is 0.305 e. The van der Waals surface area contributed by atoms with Crippen LogP contribution in [0.4, 0.5) is 0 Å². The molecule has 0 atom stereocenters. The molecule has 0 aliphatic rings. The standard InChI is InChI=1S/C52H103NO4/c1-7-11-25-34-49(35-26-12-8-2)43-46-56-51(54)41-31-23-19-15-17-21-29-38-48(40-33-45-53(5)6)39-30-22-18-16-20-24-32-42-52(55)57-47-44-50(36-27-13-9-3)37-28-14-10-4/h48-50H,7-47H2,1-6H3. The number of nitrogens with zero attached hydrogens (tertiary/aromatic N) is 1. The molecule has 0 amide bonds. The highest BCUT2D eigenvalue weighted by Crippen LogP contribution is 2.25. The summed E-state index contributed by atoms with van der Waals surface area (Å²) < 4.78 is 11.3. The van der Waals surface area contributed by atoms with Gasteiger partial charge in [0.1, 0.15) is 0 Å². The summed E-state index contributed by atoms with van der Waals surface area (Å²) in [5.74, 6) is 2.39. The number of ether oxygens (including phenoxy) is 2. The highest BCUT2D eigenvalue weighted by Gasteiger charge is 2.13. The molecule has 5 nitrogen and oxygen atoms in total. The van der Waals surface area contributed by atoms with Crippen LogP contribution in [-0.4, -0.2) is 50.7 Å². The summed E-state index contributed by atoms with van der Waals surface area (Å²) in [6.07, 6.45) is 47.2. The van der Waals surface area contributed by atoms with E-state index in [1.807, 2.05) is 0 Å². The zero-order valence-corrected chi connectivity index (χ0v) is 39.8. The lowest BCUT2D eigenvalue weighted by molar-refractivity contribution is -0.145. The Kier molecular flexibility index (Phi) is 43.6. The minimum Gasteiger partial charge on any atom is -0.466 e. The molecule has 0 saturated heterocycles. The summed E-state index contributed by atoms with van der Waals surface area (Å²) in [5, 5.41) is 0. The lowest BCUT2D eigenvalue weighted by atomic mass is 9.90. The molecule has 340 valence electrons. The summed E-state index contributed by atoms with van der Waals surface area (Å²) in [4.78, 5) is 27.0. The Labute approximate surface area is 358 Å². The zero-order chi connectivity index (χ0) is 41.9. The lowest BCUT2D eigenvalue weighted by Crippen LogP contribution is -2.14. The first-order valence-corrected chi connectivity index (χ1v) is 25.8. The van der Waals surface area contributed by atoms with Crippen LogP contribution >= 0.6 is 0 Å². The van der Waals surface area contributed by atoms with E-state index in [-0.39, 0.29) is 11.9 Å². The van der Waals surface area contributed by atoms with Crippen molar-refractivity contribution in [2.24, 2.45) is 17.8 Å². The summed E-state index contributed by atoms with van der Waals surface area (Å²) in [6, 6.07) is 0. The van der Waals surface area contributed by atoms with Gasteiger partial charge < -0.3 is 14.4 Å². The molecule has 0 unspecified atom stereocenters. The Bertz CT molecular complexity index is 751. The van der Waals surface area contributed by atoms with Crippen molar-refractivity contribution in [1.29, 1.82) is 0 Å². The maximum Gasteiger partial charge on any atom is 0.305 e. The molecule has 0 saturated carbocycles. The van der Waals surface area contributed by atoms with Crippen LogP contribution in [0.15, 0.2) is 0 Å². The predicted molar refractivity (Wildman–Crippen MR) is 249 cm³/mol. The van der Waals surface area contributed by atoms with Crippen molar-refractivity contribution >= 4 is 11.9 Å². The number of unbranched alkanes of at least 4 members (excludes halogenated alkanes) is 20. The average molecular weight is 806 g/mol. The van der Waals surface area contributed by atoms with E-state index in [0.29, 0.717) is 26.1 Å². The molecule has 57 heavy (non-hydrogen) atoms. The van der Waals surface area contributed by atoms with Gasteiger partial charge >= 0.3 is 11.9 Å². The third kappa shape index (κ3) is 41.4. The molecule has 0 aromatic carbocycles. The summed E-state index contributed by atoms with van der Waals surface area (Å²) in [6.45, 7) is 11.5. The van der Waals surface area contributed by atoms with Crippen LogP contribution in [0.2, 0.25) is 0 Å². The largest absolute Gasteiger partial charge is 0.466 e. The maximum absolute atomic E-state index is 12.3. The SMILES string of the molecule is CCCCCC(CCCCC)CCOC(=O)CCCCCCCCCC(CCCCCCCCCC(=O)OCCC(CCCCC)CCCCC)CCCN(C)C.